The Hall–Kier alpha value is -0.260. The van der Waals surface area contributed by atoms with E-state index in [0.29, 0.717) is 0 Å². The van der Waals surface area contributed by atoms with E-state index in [4.69, 9.17) is 0 Å². The van der Waals surface area contributed by atoms with Gasteiger partial charge in [0.25, 0.3) is 0 Å². The van der Waals surface area contributed by atoms with Gasteiger partial charge in [-0.2, -0.15) is 0 Å². The molecular weight excluding hydrogens is 120 g/mol. The van der Waals surface area contributed by atoms with Crippen molar-refractivity contribution in [3.63, 3.8) is 0 Å². The maximum Gasteiger partial charge on any atom is -0.0317 e. The minimum Gasteiger partial charge on any atom is -0.0776 e. The molecule has 0 aromatic carbocycles. The van der Waals surface area contributed by atoms with Gasteiger partial charge in [-0.25, -0.2) is 0 Å². The highest BCUT2D eigenvalue weighted by Crippen LogP contribution is 2.23. The molecule has 0 aromatic heterocycles. The molecule has 0 bridgehead atoms. The van der Waals surface area contributed by atoms with E-state index in [0.717, 1.165) is 0 Å². The van der Waals surface area contributed by atoms with Gasteiger partial charge in [-0.3, -0.25) is 0 Å². The molecule has 0 unspecified atom stereocenters. The number of allylic oxidation sites excluding steroid dienone is 2. The van der Waals surface area contributed by atoms with Crippen LogP contribution < -0.4 is 0 Å². The third kappa shape index (κ3) is 3.71. The van der Waals surface area contributed by atoms with Crippen molar-refractivity contribution in [1.82, 2.24) is 0 Å². The van der Waals surface area contributed by atoms with Gasteiger partial charge in [0.05, 0.1) is 0 Å². The molecule has 0 nitrogen and oxygen atoms in total. The maximum atomic E-state index is 2.24. The summed E-state index contributed by atoms with van der Waals surface area (Å²) in [5.74, 6) is 0. The standard InChI is InChI=1S/C7H12.C2H6.CH4/c1-6-4-3-5-7(6)2;1-2;/h3-5H2,1-2H3;1-2H3;1H4. The maximum absolute atomic E-state index is 2.24. The molecule has 62 valence electrons. The van der Waals surface area contributed by atoms with Crippen molar-refractivity contribution in [2.45, 2.75) is 54.4 Å². The van der Waals surface area contributed by atoms with Crippen molar-refractivity contribution in [3.8, 4) is 0 Å². The summed E-state index contributed by atoms with van der Waals surface area (Å²) in [5.41, 5.74) is 3.25. The summed E-state index contributed by atoms with van der Waals surface area (Å²) < 4.78 is 0. The van der Waals surface area contributed by atoms with E-state index in [1.165, 1.54) is 19.3 Å². The first-order valence-corrected chi connectivity index (χ1v) is 3.96. The molecule has 0 atom stereocenters. The zero-order valence-corrected chi connectivity index (χ0v) is 7.12. The van der Waals surface area contributed by atoms with Crippen LogP contribution in [0.1, 0.15) is 54.4 Å². The highest BCUT2D eigenvalue weighted by Gasteiger charge is 2.03. The molecule has 0 fully saturated rings. The Morgan fingerprint density at radius 2 is 1.20 bits per heavy atom. The lowest BCUT2D eigenvalue weighted by molar-refractivity contribution is 0.893. The van der Waals surface area contributed by atoms with E-state index in [1.54, 1.807) is 11.1 Å². The largest absolute Gasteiger partial charge is 0.0776 e. The van der Waals surface area contributed by atoms with Gasteiger partial charge in [0, 0.05) is 0 Å². The van der Waals surface area contributed by atoms with Crippen LogP contribution in [0.4, 0.5) is 0 Å². The summed E-state index contributed by atoms with van der Waals surface area (Å²) in [6.07, 6.45) is 4.11. The van der Waals surface area contributed by atoms with Crippen LogP contribution in [-0.2, 0) is 0 Å². The molecular formula is C10H22. The van der Waals surface area contributed by atoms with E-state index in [2.05, 4.69) is 13.8 Å². The van der Waals surface area contributed by atoms with Crippen molar-refractivity contribution in [2.24, 2.45) is 0 Å². The van der Waals surface area contributed by atoms with Crippen LogP contribution >= 0.6 is 0 Å². The minimum absolute atomic E-state index is 0. The van der Waals surface area contributed by atoms with Gasteiger partial charge in [-0.1, -0.05) is 32.4 Å². The monoisotopic (exact) mass is 142 g/mol. The molecule has 1 aliphatic rings. The molecule has 0 N–H and O–H groups in total. The Kier molecular flexibility index (Phi) is 8.51. The van der Waals surface area contributed by atoms with E-state index in [-0.39, 0.29) is 7.43 Å². The molecule has 1 rings (SSSR count). The zero-order valence-electron chi connectivity index (χ0n) is 7.12. The lowest BCUT2D eigenvalue weighted by Gasteiger charge is -1.87. The Bertz CT molecular complexity index is 86.6. The average molecular weight is 142 g/mol. The van der Waals surface area contributed by atoms with E-state index >= 15 is 0 Å². The third-order valence-electron chi connectivity index (χ3n) is 1.83. The predicted octanol–water partition coefficient (Wildman–Crippen LogP) is 4.17. The van der Waals surface area contributed by atoms with Crippen molar-refractivity contribution in [3.05, 3.63) is 11.1 Å². The first-order valence-electron chi connectivity index (χ1n) is 3.96. The molecule has 0 amide bonds. The summed E-state index contributed by atoms with van der Waals surface area (Å²) in [6, 6.07) is 0. The molecule has 0 saturated carbocycles. The van der Waals surface area contributed by atoms with Crippen LogP contribution in [0.2, 0.25) is 0 Å². The van der Waals surface area contributed by atoms with Crippen LogP contribution in [0.3, 0.4) is 0 Å². The number of hydrogen-bond donors (Lipinski definition) is 0. The fourth-order valence-corrected chi connectivity index (χ4v) is 1.05. The van der Waals surface area contributed by atoms with Crippen molar-refractivity contribution in [2.75, 3.05) is 0 Å². The average Bonchev–Trinajstić information content (AvgIpc) is 2.23. The molecule has 0 spiro atoms. The summed E-state index contributed by atoms with van der Waals surface area (Å²) >= 11 is 0. The van der Waals surface area contributed by atoms with Gasteiger partial charge in [0.15, 0.2) is 0 Å². The van der Waals surface area contributed by atoms with Gasteiger partial charge >= 0.3 is 0 Å². The van der Waals surface area contributed by atoms with Crippen molar-refractivity contribution in [1.29, 1.82) is 0 Å². The second kappa shape index (κ2) is 6.85. The van der Waals surface area contributed by atoms with E-state index in [1.807, 2.05) is 13.8 Å². The smallest absolute Gasteiger partial charge is 0.0317 e. The first kappa shape index (κ1) is 12.4. The SMILES string of the molecule is C.CC.CC1=C(C)CCC1. The molecule has 0 aliphatic heterocycles. The van der Waals surface area contributed by atoms with E-state index < -0.39 is 0 Å². The molecule has 0 radical (unpaired) electrons. The molecule has 1 aliphatic carbocycles. The van der Waals surface area contributed by atoms with Crippen molar-refractivity contribution < 1.29 is 0 Å². The van der Waals surface area contributed by atoms with Crippen molar-refractivity contribution >= 4 is 0 Å². The summed E-state index contributed by atoms with van der Waals surface area (Å²) in [6.45, 7) is 8.48. The fraction of sp³-hybridized carbons (Fsp3) is 0.800. The highest BCUT2D eigenvalue weighted by atomic mass is 14.1. The van der Waals surface area contributed by atoms with Gasteiger partial charge in [0.1, 0.15) is 0 Å². The quantitative estimate of drug-likeness (QED) is 0.445. The molecule has 0 heteroatoms. The van der Waals surface area contributed by atoms with Crippen LogP contribution in [0.5, 0.6) is 0 Å². The van der Waals surface area contributed by atoms with Gasteiger partial charge in [-0.05, 0) is 33.1 Å². The molecule has 0 aromatic rings. The van der Waals surface area contributed by atoms with Gasteiger partial charge in [0.2, 0.25) is 0 Å². The lowest BCUT2D eigenvalue weighted by atomic mass is 10.2. The van der Waals surface area contributed by atoms with Crippen LogP contribution in [0, 0.1) is 0 Å². The number of rotatable bonds is 0. The Morgan fingerprint density at radius 3 is 1.30 bits per heavy atom. The van der Waals surface area contributed by atoms with E-state index in [9.17, 15) is 0 Å². The first-order chi connectivity index (χ1) is 4.30. The predicted molar refractivity (Wildman–Crippen MR) is 50.3 cm³/mol. The fourth-order valence-electron chi connectivity index (χ4n) is 1.05. The second-order valence-corrected chi connectivity index (χ2v) is 2.41. The lowest BCUT2D eigenvalue weighted by Crippen LogP contribution is -1.66. The number of hydrogen-bond acceptors (Lipinski definition) is 0. The summed E-state index contributed by atoms with van der Waals surface area (Å²) in [7, 11) is 0. The Morgan fingerprint density at radius 1 is 0.900 bits per heavy atom. The second-order valence-electron chi connectivity index (χ2n) is 2.41. The minimum atomic E-state index is 0. The Balaban J connectivity index is 0. The highest BCUT2D eigenvalue weighted by molar-refractivity contribution is 5.14. The normalized spacial score (nSPS) is 15.6. The third-order valence-corrected chi connectivity index (χ3v) is 1.83. The molecule has 0 saturated heterocycles. The van der Waals surface area contributed by atoms with Gasteiger partial charge in [-0.15, -0.1) is 0 Å². The van der Waals surface area contributed by atoms with Crippen LogP contribution in [0.15, 0.2) is 11.1 Å². The zero-order chi connectivity index (χ0) is 7.28. The Labute approximate surface area is 66.3 Å². The molecule has 10 heavy (non-hydrogen) atoms. The van der Waals surface area contributed by atoms with Crippen LogP contribution in [-0.4, -0.2) is 0 Å². The topological polar surface area (TPSA) is 0 Å². The summed E-state index contributed by atoms with van der Waals surface area (Å²) in [5, 5.41) is 0. The van der Waals surface area contributed by atoms with Gasteiger partial charge < -0.3 is 0 Å². The summed E-state index contributed by atoms with van der Waals surface area (Å²) in [4.78, 5) is 0. The molecule has 0 heterocycles. The van der Waals surface area contributed by atoms with Crippen LogP contribution in [0.25, 0.3) is 0 Å².